The number of morpholine rings is 1. The minimum absolute atomic E-state index is 0.0323. The van der Waals surface area contributed by atoms with Crippen molar-refractivity contribution >= 4 is 22.5 Å². The molecule has 0 radical (unpaired) electrons. The van der Waals surface area contributed by atoms with Crippen molar-refractivity contribution in [3.8, 4) is 6.07 Å². The molecule has 2 fully saturated rings. The number of aromatic nitrogens is 2. The second-order valence-corrected chi connectivity index (χ2v) is 9.40. The van der Waals surface area contributed by atoms with Crippen LogP contribution in [0.2, 0.25) is 0 Å². The zero-order valence-corrected chi connectivity index (χ0v) is 19.9. The van der Waals surface area contributed by atoms with E-state index < -0.39 is 0 Å². The van der Waals surface area contributed by atoms with Crippen molar-refractivity contribution in [3.05, 3.63) is 66.1 Å². The van der Waals surface area contributed by atoms with Crippen molar-refractivity contribution in [3.63, 3.8) is 0 Å². The molecule has 2 aromatic heterocycles. The summed E-state index contributed by atoms with van der Waals surface area (Å²) in [4.78, 5) is 25.7. The molecule has 1 N–H and O–H groups in total. The monoisotopic (exact) mass is 470 g/mol. The fraction of sp³-hybridized carbons (Fsp3) is 0.407. The fourth-order valence-corrected chi connectivity index (χ4v) is 5.19. The molecule has 1 aromatic carbocycles. The number of ether oxygens (including phenoxy) is 1. The highest BCUT2D eigenvalue weighted by Gasteiger charge is 2.30. The number of amides is 1. The van der Waals surface area contributed by atoms with E-state index in [-0.39, 0.29) is 24.2 Å². The van der Waals surface area contributed by atoms with E-state index in [2.05, 4.69) is 38.1 Å². The van der Waals surface area contributed by atoms with Crippen molar-refractivity contribution in [2.45, 2.75) is 38.0 Å². The topological polar surface area (TPSA) is 94.4 Å². The van der Waals surface area contributed by atoms with Crippen molar-refractivity contribution < 1.29 is 9.53 Å². The standard InChI is InChI=1S/C27H30N6O2/c1-19-16-33(25-5-4-21(15-28)26-24(25)3-2-10-30-26)18-23(35-19)17-32-13-8-22(9-14-32)31-27(34)20-6-11-29-12-7-20/h2-7,10-12,19,22-23H,8-9,13-14,16-18H2,1H3,(H,31,34)/t19-,23+/m1/s1. The van der Waals surface area contributed by atoms with Crippen LogP contribution in [0.5, 0.6) is 0 Å². The molecule has 0 saturated carbocycles. The summed E-state index contributed by atoms with van der Waals surface area (Å²) in [5.41, 5.74) is 3.10. The minimum Gasteiger partial charge on any atom is -0.370 e. The molecule has 8 heteroatoms. The lowest BCUT2D eigenvalue weighted by Crippen LogP contribution is -2.53. The van der Waals surface area contributed by atoms with Gasteiger partial charge >= 0.3 is 0 Å². The summed E-state index contributed by atoms with van der Waals surface area (Å²) >= 11 is 0. The first-order valence-electron chi connectivity index (χ1n) is 12.2. The van der Waals surface area contributed by atoms with E-state index in [1.54, 1.807) is 30.7 Å². The van der Waals surface area contributed by atoms with Crippen LogP contribution < -0.4 is 10.2 Å². The van der Waals surface area contributed by atoms with Crippen molar-refractivity contribution in [1.82, 2.24) is 20.2 Å². The Morgan fingerprint density at radius 2 is 1.94 bits per heavy atom. The smallest absolute Gasteiger partial charge is 0.251 e. The molecule has 180 valence electrons. The summed E-state index contributed by atoms with van der Waals surface area (Å²) in [5, 5.41) is 13.6. The van der Waals surface area contributed by atoms with Crippen molar-refractivity contribution in [2.75, 3.05) is 37.6 Å². The summed E-state index contributed by atoms with van der Waals surface area (Å²) in [7, 11) is 0. The van der Waals surface area contributed by atoms with E-state index in [0.29, 0.717) is 11.1 Å². The van der Waals surface area contributed by atoms with Gasteiger partial charge in [0.2, 0.25) is 0 Å². The number of nitrogens with one attached hydrogen (secondary N) is 1. The van der Waals surface area contributed by atoms with Gasteiger partial charge in [-0.1, -0.05) is 0 Å². The third-order valence-corrected chi connectivity index (χ3v) is 6.86. The van der Waals surface area contributed by atoms with Crippen LogP contribution in [0.25, 0.3) is 10.9 Å². The SMILES string of the molecule is C[C@@H]1CN(c2ccc(C#N)c3ncccc23)C[C@H](CN2CCC(NC(=O)c3ccncc3)CC2)O1. The van der Waals surface area contributed by atoms with Crippen LogP contribution in [-0.2, 0) is 4.74 Å². The first kappa shape index (κ1) is 23.2. The minimum atomic E-state index is -0.0323. The molecule has 3 aromatic rings. The van der Waals surface area contributed by atoms with Crippen LogP contribution in [0.15, 0.2) is 55.0 Å². The van der Waals surface area contributed by atoms with Crippen LogP contribution in [0.4, 0.5) is 5.69 Å². The third kappa shape index (κ3) is 5.26. The van der Waals surface area contributed by atoms with Crippen LogP contribution in [0, 0.1) is 11.3 Å². The van der Waals surface area contributed by atoms with Gasteiger partial charge in [-0.25, -0.2) is 0 Å². The van der Waals surface area contributed by atoms with Crippen LogP contribution >= 0.6 is 0 Å². The summed E-state index contributed by atoms with van der Waals surface area (Å²) < 4.78 is 6.32. The van der Waals surface area contributed by atoms with Gasteiger partial charge in [0, 0.05) is 74.0 Å². The lowest BCUT2D eigenvalue weighted by Gasteiger charge is -2.41. The van der Waals surface area contributed by atoms with Gasteiger partial charge in [0.15, 0.2) is 0 Å². The summed E-state index contributed by atoms with van der Waals surface area (Å²) in [6.07, 6.45) is 7.06. The Bertz CT molecular complexity index is 1220. The number of hydrogen-bond donors (Lipinski definition) is 1. The Morgan fingerprint density at radius 1 is 1.14 bits per heavy atom. The molecule has 2 atom stereocenters. The van der Waals surface area contributed by atoms with Gasteiger partial charge in [-0.15, -0.1) is 0 Å². The van der Waals surface area contributed by atoms with E-state index in [1.165, 1.54) is 0 Å². The van der Waals surface area contributed by atoms with E-state index in [1.807, 2.05) is 24.3 Å². The Kier molecular flexibility index (Phi) is 6.89. The molecule has 1 amide bonds. The molecule has 0 bridgehead atoms. The molecule has 2 aliphatic heterocycles. The Morgan fingerprint density at radius 3 is 2.71 bits per heavy atom. The Labute approximate surface area is 205 Å². The zero-order chi connectivity index (χ0) is 24.2. The number of carbonyl (C=O) groups is 1. The number of nitriles is 1. The molecule has 8 nitrogen and oxygen atoms in total. The number of hydrogen-bond acceptors (Lipinski definition) is 7. The average molecular weight is 471 g/mol. The number of piperidine rings is 1. The van der Waals surface area contributed by atoms with Gasteiger partial charge < -0.3 is 19.9 Å². The molecule has 0 aliphatic carbocycles. The summed E-state index contributed by atoms with van der Waals surface area (Å²) in [5.74, 6) is -0.0323. The third-order valence-electron chi connectivity index (χ3n) is 6.86. The van der Waals surface area contributed by atoms with Crippen LogP contribution in [0.3, 0.4) is 0 Å². The van der Waals surface area contributed by atoms with E-state index in [0.717, 1.165) is 62.2 Å². The van der Waals surface area contributed by atoms with E-state index in [4.69, 9.17) is 4.74 Å². The Hall–Kier alpha value is -3.54. The van der Waals surface area contributed by atoms with Crippen molar-refractivity contribution in [2.24, 2.45) is 0 Å². The van der Waals surface area contributed by atoms with Gasteiger partial charge in [-0.3, -0.25) is 14.8 Å². The van der Waals surface area contributed by atoms with Crippen molar-refractivity contribution in [1.29, 1.82) is 5.26 Å². The fourth-order valence-electron chi connectivity index (χ4n) is 5.19. The number of nitrogens with zero attached hydrogens (tertiary/aromatic N) is 5. The molecule has 0 spiro atoms. The number of anilines is 1. The summed E-state index contributed by atoms with van der Waals surface area (Å²) in [6, 6.07) is 13.8. The number of pyridine rings is 2. The molecule has 5 rings (SSSR count). The van der Waals surface area contributed by atoms with Gasteiger partial charge in [0.1, 0.15) is 6.07 Å². The molecule has 0 unspecified atom stereocenters. The predicted octanol–water partition coefficient (Wildman–Crippen LogP) is 2.99. The number of carbonyl (C=O) groups excluding carboxylic acids is 1. The summed E-state index contributed by atoms with van der Waals surface area (Å²) in [6.45, 7) is 6.43. The van der Waals surface area contributed by atoms with Crippen LogP contribution in [-0.4, -0.2) is 71.7 Å². The lowest BCUT2D eigenvalue weighted by atomic mass is 10.0. The number of rotatable bonds is 5. The Balaban J connectivity index is 1.20. The highest BCUT2D eigenvalue weighted by molar-refractivity contribution is 5.95. The van der Waals surface area contributed by atoms with Gasteiger partial charge in [0.25, 0.3) is 5.91 Å². The molecular weight excluding hydrogens is 440 g/mol. The number of fused-ring (bicyclic) bond motifs is 1. The molecule has 4 heterocycles. The quantitative estimate of drug-likeness (QED) is 0.613. The maximum absolute atomic E-state index is 12.5. The molecule has 35 heavy (non-hydrogen) atoms. The molecule has 2 aliphatic rings. The maximum Gasteiger partial charge on any atom is 0.251 e. The average Bonchev–Trinajstić information content (AvgIpc) is 2.89. The molecule has 2 saturated heterocycles. The van der Waals surface area contributed by atoms with Gasteiger partial charge in [-0.2, -0.15) is 5.26 Å². The van der Waals surface area contributed by atoms with E-state index >= 15 is 0 Å². The highest BCUT2D eigenvalue weighted by atomic mass is 16.5. The van der Waals surface area contributed by atoms with Gasteiger partial charge in [0.05, 0.1) is 23.3 Å². The zero-order valence-electron chi connectivity index (χ0n) is 19.9. The number of likely N-dealkylation sites (tertiary alicyclic amines) is 1. The van der Waals surface area contributed by atoms with Gasteiger partial charge in [-0.05, 0) is 56.2 Å². The lowest BCUT2D eigenvalue weighted by molar-refractivity contribution is -0.0351. The first-order valence-corrected chi connectivity index (χ1v) is 12.2. The second kappa shape index (κ2) is 10.4. The maximum atomic E-state index is 12.5. The second-order valence-electron chi connectivity index (χ2n) is 9.40. The van der Waals surface area contributed by atoms with E-state index in [9.17, 15) is 10.1 Å². The largest absolute Gasteiger partial charge is 0.370 e. The number of benzene rings is 1. The first-order chi connectivity index (χ1) is 17.1. The van der Waals surface area contributed by atoms with Crippen LogP contribution in [0.1, 0.15) is 35.7 Å². The normalized spacial score (nSPS) is 21.5. The highest BCUT2D eigenvalue weighted by Crippen LogP contribution is 2.30. The molecular formula is C27H30N6O2. The predicted molar refractivity (Wildman–Crippen MR) is 134 cm³/mol.